The second-order valence-corrected chi connectivity index (χ2v) is 3.65. The molecule has 2 rings (SSSR count). The fraction of sp³-hybridized carbons (Fsp3) is 0.100. The summed E-state index contributed by atoms with van der Waals surface area (Å²) in [5.41, 5.74) is 13.2. The van der Waals surface area contributed by atoms with E-state index in [1.807, 2.05) is 12.2 Å². The van der Waals surface area contributed by atoms with Crippen LogP contribution in [0.15, 0.2) is 46.3 Å². The fourth-order valence-electron chi connectivity index (χ4n) is 1.53. The summed E-state index contributed by atoms with van der Waals surface area (Å²) in [4.78, 5) is 11.2. The summed E-state index contributed by atoms with van der Waals surface area (Å²) in [7, 11) is 0. The first kappa shape index (κ1) is 9.86. The summed E-state index contributed by atoms with van der Waals surface area (Å²) >= 11 is 5.83. The van der Waals surface area contributed by atoms with Gasteiger partial charge < -0.3 is 16.6 Å². The van der Waals surface area contributed by atoms with Gasteiger partial charge in [-0.05, 0) is 24.1 Å². The van der Waals surface area contributed by atoms with Gasteiger partial charge in [-0.1, -0.05) is 17.7 Å². The van der Waals surface area contributed by atoms with Crippen molar-refractivity contribution in [3.05, 3.63) is 46.3 Å². The van der Waals surface area contributed by atoms with Crippen molar-refractivity contribution in [1.29, 1.82) is 0 Å². The number of carbonyl (C=O) groups is 1. The Balaban J connectivity index is 2.43. The highest BCUT2D eigenvalue weighted by atomic mass is 35.5. The molecule has 0 atom stereocenters. The van der Waals surface area contributed by atoms with E-state index in [4.69, 9.17) is 17.3 Å². The van der Waals surface area contributed by atoms with Crippen molar-refractivity contribution in [3.8, 4) is 0 Å². The molecule has 0 aromatic carbocycles. The second-order valence-electron chi connectivity index (χ2n) is 3.21. The highest BCUT2D eigenvalue weighted by Crippen LogP contribution is 2.27. The number of primary amides is 1. The van der Waals surface area contributed by atoms with Crippen LogP contribution in [-0.4, -0.2) is 5.91 Å². The van der Waals surface area contributed by atoms with E-state index >= 15 is 0 Å². The average molecular weight is 224 g/mol. The Hall–Kier alpha value is -1.68. The molecule has 0 fully saturated rings. The van der Waals surface area contributed by atoms with E-state index in [0.29, 0.717) is 17.0 Å². The highest BCUT2D eigenvalue weighted by Gasteiger charge is 2.19. The minimum absolute atomic E-state index is 0.457. The smallest absolute Gasteiger partial charge is 0.249 e. The van der Waals surface area contributed by atoms with Gasteiger partial charge in [0.15, 0.2) is 0 Å². The maximum Gasteiger partial charge on any atom is 0.249 e. The Morgan fingerprint density at radius 2 is 2.33 bits per heavy atom. The first-order valence-corrected chi connectivity index (χ1v) is 4.85. The molecule has 4 nitrogen and oxygen atoms in total. The van der Waals surface area contributed by atoms with Crippen molar-refractivity contribution in [2.75, 3.05) is 0 Å². The van der Waals surface area contributed by atoms with Crippen LogP contribution in [0.25, 0.3) is 0 Å². The normalized spacial score (nSPS) is 24.1. The average Bonchev–Trinajstić information content (AvgIpc) is 2.70. The first-order valence-electron chi connectivity index (χ1n) is 4.47. The van der Waals surface area contributed by atoms with Gasteiger partial charge in [0.2, 0.25) is 5.91 Å². The van der Waals surface area contributed by atoms with Gasteiger partial charge in [0, 0.05) is 16.8 Å². The number of carbonyl (C=O) groups excluding carboxylic acids is 1. The predicted molar refractivity (Wildman–Crippen MR) is 58.3 cm³/mol. The topological polar surface area (TPSA) is 67.2 Å². The lowest BCUT2D eigenvalue weighted by Crippen LogP contribution is -2.23. The number of allylic oxidation sites excluding steroid dienone is 4. The van der Waals surface area contributed by atoms with Crippen molar-refractivity contribution in [2.24, 2.45) is 5.73 Å². The highest BCUT2D eigenvalue weighted by molar-refractivity contribution is 6.31. The van der Waals surface area contributed by atoms with E-state index < -0.39 is 5.91 Å². The van der Waals surface area contributed by atoms with E-state index in [2.05, 4.69) is 10.9 Å². The van der Waals surface area contributed by atoms with E-state index in [0.717, 1.165) is 11.3 Å². The third-order valence-electron chi connectivity index (χ3n) is 2.24. The molecule has 0 saturated carbocycles. The number of nitrogens with two attached hydrogens (primary N) is 1. The SMILES string of the molecule is NC(=O)C1=CC(Cl)=CCC1=C1C=CNN1. The van der Waals surface area contributed by atoms with Crippen LogP contribution >= 0.6 is 11.6 Å². The number of hydrogen-bond acceptors (Lipinski definition) is 3. The Labute approximate surface area is 92.1 Å². The minimum atomic E-state index is -0.467. The van der Waals surface area contributed by atoms with Crippen LogP contribution in [0.4, 0.5) is 0 Å². The molecule has 0 bridgehead atoms. The standard InChI is InChI=1S/C10H10ClN3O/c11-6-1-2-7(8(5-6)10(12)15)9-3-4-13-14-9/h1,3-5,13-14H,2H2,(H2,12,15). The van der Waals surface area contributed by atoms with Gasteiger partial charge in [0.25, 0.3) is 0 Å². The maximum atomic E-state index is 11.2. The van der Waals surface area contributed by atoms with Crippen molar-refractivity contribution in [1.82, 2.24) is 10.9 Å². The summed E-state index contributed by atoms with van der Waals surface area (Å²) in [5.74, 6) is -0.467. The molecule has 2 aliphatic rings. The Bertz CT molecular complexity index is 432. The van der Waals surface area contributed by atoms with Crippen LogP contribution in [0.5, 0.6) is 0 Å². The maximum absolute atomic E-state index is 11.2. The molecule has 0 unspecified atom stereocenters. The number of amides is 1. The molecule has 78 valence electrons. The molecule has 4 N–H and O–H groups in total. The summed E-state index contributed by atoms with van der Waals surface area (Å²) in [6, 6.07) is 0. The molecule has 1 heterocycles. The van der Waals surface area contributed by atoms with E-state index in [9.17, 15) is 4.79 Å². The van der Waals surface area contributed by atoms with Gasteiger partial charge >= 0.3 is 0 Å². The molecular formula is C10H10ClN3O. The molecule has 1 aliphatic carbocycles. The van der Waals surface area contributed by atoms with E-state index in [1.165, 1.54) is 0 Å². The molecule has 0 spiro atoms. The summed E-state index contributed by atoms with van der Waals surface area (Å²) < 4.78 is 0. The minimum Gasteiger partial charge on any atom is -0.366 e. The molecule has 1 aliphatic heterocycles. The predicted octanol–water partition coefficient (Wildman–Crippen LogP) is 0.800. The molecule has 5 heteroatoms. The van der Waals surface area contributed by atoms with Gasteiger partial charge in [-0.2, -0.15) is 0 Å². The Morgan fingerprint density at radius 1 is 1.53 bits per heavy atom. The monoisotopic (exact) mass is 223 g/mol. The lowest BCUT2D eigenvalue weighted by Gasteiger charge is -2.14. The summed E-state index contributed by atoms with van der Waals surface area (Å²) in [5, 5.41) is 0.545. The number of hydrogen-bond donors (Lipinski definition) is 3. The van der Waals surface area contributed by atoms with Crippen LogP contribution in [-0.2, 0) is 4.79 Å². The molecule has 0 radical (unpaired) electrons. The van der Waals surface area contributed by atoms with Crippen molar-refractivity contribution >= 4 is 17.5 Å². The van der Waals surface area contributed by atoms with Crippen molar-refractivity contribution < 1.29 is 4.79 Å². The molecular weight excluding hydrogens is 214 g/mol. The molecule has 0 aromatic heterocycles. The van der Waals surface area contributed by atoms with Crippen LogP contribution in [0.3, 0.4) is 0 Å². The van der Waals surface area contributed by atoms with Crippen LogP contribution < -0.4 is 16.6 Å². The summed E-state index contributed by atoms with van der Waals surface area (Å²) in [6.45, 7) is 0. The van der Waals surface area contributed by atoms with Gasteiger partial charge in [-0.3, -0.25) is 4.79 Å². The van der Waals surface area contributed by atoms with Crippen LogP contribution in [0.1, 0.15) is 6.42 Å². The molecule has 15 heavy (non-hydrogen) atoms. The van der Waals surface area contributed by atoms with Gasteiger partial charge in [-0.15, -0.1) is 0 Å². The number of nitrogens with one attached hydrogen (secondary N) is 2. The van der Waals surface area contributed by atoms with Gasteiger partial charge in [0.1, 0.15) is 0 Å². The lowest BCUT2D eigenvalue weighted by molar-refractivity contribution is -0.114. The van der Waals surface area contributed by atoms with Crippen LogP contribution in [0.2, 0.25) is 0 Å². The van der Waals surface area contributed by atoms with Gasteiger partial charge in [-0.25, -0.2) is 0 Å². The zero-order chi connectivity index (χ0) is 10.8. The largest absolute Gasteiger partial charge is 0.366 e. The third-order valence-corrected chi connectivity index (χ3v) is 2.50. The lowest BCUT2D eigenvalue weighted by atomic mass is 9.95. The van der Waals surface area contributed by atoms with Crippen molar-refractivity contribution in [2.45, 2.75) is 6.42 Å². The Kier molecular flexibility index (Phi) is 2.51. The first-order chi connectivity index (χ1) is 7.18. The second kappa shape index (κ2) is 3.82. The summed E-state index contributed by atoms with van der Waals surface area (Å²) in [6.07, 6.45) is 7.62. The van der Waals surface area contributed by atoms with E-state index in [1.54, 1.807) is 12.3 Å². The number of hydrazine groups is 1. The van der Waals surface area contributed by atoms with Gasteiger partial charge in [0.05, 0.1) is 5.70 Å². The number of rotatable bonds is 1. The zero-order valence-corrected chi connectivity index (χ0v) is 8.64. The van der Waals surface area contributed by atoms with Crippen molar-refractivity contribution in [3.63, 3.8) is 0 Å². The quantitative estimate of drug-likeness (QED) is 0.616. The Morgan fingerprint density at radius 3 is 2.93 bits per heavy atom. The zero-order valence-electron chi connectivity index (χ0n) is 7.88. The number of halogens is 1. The van der Waals surface area contributed by atoms with E-state index in [-0.39, 0.29) is 0 Å². The third kappa shape index (κ3) is 1.89. The molecule has 0 aromatic rings. The molecule has 1 amide bonds. The van der Waals surface area contributed by atoms with Crippen LogP contribution in [0, 0.1) is 0 Å². The molecule has 0 saturated heterocycles. The fourth-order valence-corrected chi connectivity index (χ4v) is 1.72.